The Morgan fingerprint density at radius 1 is 1.06 bits per heavy atom. The summed E-state index contributed by atoms with van der Waals surface area (Å²) in [6, 6.07) is 20.4. The van der Waals surface area contributed by atoms with E-state index in [0.717, 1.165) is 16.9 Å². The van der Waals surface area contributed by atoms with Gasteiger partial charge in [0.15, 0.2) is 5.16 Å². The highest BCUT2D eigenvalue weighted by Crippen LogP contribution is 2.25. The first-order valence-corrected chi connectivity index (χ1v) is 12.1. The van der Waals surface area contributed by atoms with Crippen LogP contribution in [-0.4, -0.2) is 27.8 Å². The van der Waals surface area contributed by atoms with E-state index < -0.39 is 5.25 Å². The zero-order chi connectivity index (χ0) is 24.9. The summed E-state index contributed by atoms with van der Waals surface area (Å²) in [4.78, 5) is 31.0. The van der Waals surface area contributed by atoms with Crippen molar-refractivity contribution in [3.63, 3.8) is 0 Å². The number of hydrogen-bond donors (Lipinski definition) is 1. The number of amides is 1. The number of thioether (sulfide) groups is 1. The lowest BCUT2D eigenvalue weighted by molar-refractivity contribution is -0.120. The van der Waals surface area contributed by atoms with Gasteiger partial charge in [-0.2, -0.15) is 0 Å². The van der Waals surface area contributed by atoms with E-state index in [1.807, 2.05) is 43.3 Å². The molecule has 2 unspecified atom stereocenters. The molecule has 35 heavy (non-hydrogen) atoms. The third kappa shape index (κ3) is 5.71. The maximum absolute atomic E-state index is 13.4. The van der Waals surface area contributed by atoms with Gasteiger partial charge in [-0.3, -0.25) is 14.2 Å². The van der Waals surface area contributed by atoms with Crippen molar-refractivity contribution in [2.75, 3.05) is 7.11 Å². The maximum Gasteiger partial charge on any atom is 0.262 e. The number of halogens is 1. The number of hydrogen-bond acceptors (Lipinski definition) is 5. The summed E-state index contributed by atoms with van der Waals surface area (Å²) in [5, 5.41) is 3.42. The Morgan fingerprint density at radius 2 is 1.74 bits per heavy atom. The highest BCUT2D eigenvalue weighted by atomic mass is 32.2. The summed E-state index contributed by atoms with van der Waals surface area (Å²) in [7, 11) is 1.60. The lowest BCUT2D eigenvalue weighted by Gasteiger charge is -2.19. The number of ether oxygens (including phenoxy) is 1. The first-order chi connectivity index (χ1) is 16.9. The van der Waals surface area contributed by atoms with Crippen molar-refractivity contribution in [3.05, 3.63) is 100 Å². The number of carbonyl (C=O) groups is 1. The van der Waals surface area contributed by atoms with Gasteiger partial charge < -0.3 is 10.1 Å². The minimum Gasteiger partial charge on any atom is -0.497 e. The highest BCUT2D eigenvalue weighted by Gasteiger charge is 2.21. The molecule has 1 aromatic heterocycles. The Kier molecular flexibility index (Phi) is 7.51. The average molecular weight is 492 g/mol. The van der Waals surface area contributed by atoms with Crippen LogP contribution in [0.4, 0.5) is 4.39 Å². The molecule has 1 N–H and O–H groups in total. The molecular weight excluding hydrogens is 465 g/mol. The van der Waals surface area contributed by atoms with Gasteiger partial charge in [0.1, 0.15) is 11.6 Å². The molecule has 0 spiro atoms. The largest absolute Gasteiger partial charge is 0.497 e. The van der Waals surface area contributed by atoms with E-state index in [4.69, 9.17) is 9.72 Å². The number of nitrogens with zero attached hydrogens (tertiary/aromatic N) is 2. The molecule has 0 saturated carbocycles. The fraction of sp³-hybridized carbons (Fsp3) is 0.222. The average Bonchev–Trinajstić information content (AvgIpc) is 2.87. The Balaban J connectivity index is 1.60. The first-order valence-electron chi connectivity index (χ1n) is 11.2. The van der Waals surface area contributed by atoms with E-state index in [9.17, 15) is 14.0 Å². The van der Waals surface area contributed by atoms with Crippen molar-refractivity contribution < 1.29 is 13.9 Å². The first kappa shape index (κ1) is 24.5. The fourth-order valence-corrected chi connectivity index (χ4v) is 4.58. The van der Waals surface area contributed by atoms with Crippen molar-refractivity contribution in [2.45, 2.75) is 36.8 Å². The van der Waals surface area contributed by atoms with Gasteiger partial charge in [0.05, 0.1) is 35.8 Å². The molecule has 4 rings (SSSR count). The van der Waals surface area contributed by atoms with Crippen LogP contribution in [0.5, 0.6) is 5.75 Å². The molecule has 0 radical (unpaired) electrons. The van der Waals surface area contributed by atoms with Crippen LogP contribution in [0.2, 0.25) is 0 Å². The van der Waals surface area contributed by atoms with Crippen LogP contribution < -0.4 is 15.6 Å². The van der Waals surface area contributed by atoms with Gasteiger partial charge in [-0.05, 0) is 61.4 Å². The number of carbonyl (C=O) groups excluding carboxylic acids is 1. The molecule has 0 aliphatic rings. The van der Waals surface area contributed by atoms with Gasteiger partial charge in [-0.25, -0.2) is 9.37 Å². The van der Waals surface area contributed by atoms with E-state index in [1.165, 1.54) is 23.9 Å². The van der Waals surface area contributed by atoms with Gasteiger partial charge in [0.2, 0.25) is 5.91 Å². The summed E-state index contributed by atoms with van der Waals surface area (Å²) in [6.45, 7) is 3.93. The van der Waals surface area contributed by atoms with Crippen molar-refractivity contribution in [2.24, 2.45) is 0 Å². The number of benzene rings is 3. The lowest BCUT2D eigenvalue weighted by Crippen LogP contribution is -2.34. The standard InChI is InChI=1S/C27H26FN3O3S/c1-17(20-10-12-21(28)13-11-20)29-25(32)18(2)35-27-30-24-7-5-4-6-23(24)26(33)31(27)16-19-8-14-22(34-3)15-9-19/h4-15,17-18H,16H2,1-3H3,(H,29,32). The van der Waals surface area contributed by atoms with Crippen LogP contribution >= 0.6 is 11.8 Å². The zero-order valence-electron chi connectivity index (χ0n) is 19.7. The Morgan fingerprint density at radius 3 is 2.43 bits per heavy atom. The Hall–Kier alpha value is -3.65. The molecule has 0 bridgehead atoms. The smallest absolute Gasteiger partial charge is 0.262 e. The second-order valence-electron chi connectivity index (χ2n) is 8.19. The second-order valence-corrected chi connectivity index (χ2v) is 9.50. The van der Waals surface area contributed by atoms with E-state index in [0.29, 0.717) is 22.6 Å². The van der Waals surface area contributed by atoms with E-state index in [-0.39, 0.29) is 23.3 Å². The van der Waals surface area contributed by atoms with Gasteiger partial charge >= 0.3 is 0 Å². The Labute approximate surface area is 207 Å². The molecule has 4 aromatic rings. The number of methoxy groups -OCH3 is 1. The van der Waals surface area contributed by atoms with Gasteiger partial charge in [-0.1, -0.05) is 48.2 Å². The van der Waals surface area contributed by atoms with Crippen LogP contribution in [-0.2, 0) is 11.3 Å². The predicted octanol–water partition coefficient (Wildman–Crippen LogP) is 4.95. The van der Waals surface area contributed by atoms with Crippen LogP contribution in [0.3, 0.4) is 0 Å². The summed E-state index contributed by atoms with van der Waals surface area (Å²) >= 11 is 1.23. The zero-order valence-corrected chi connectivity index (χ0v) is 20.5. The SMILES string of the molecule is COc1ccc(Cn2c(SC(C)C(=O)NC(C)c3ccc(F)cc3)nc3ccccc3c2=O)cc1. The number of nitrogens with one attached hydrogen (secondary N) is 1. The van der Waals surface area contributed by atoms with Crippen molar-refractivity contribution in [1.82, 2.24) is 14.9 Å². The highest BCUT2D eigenvalue weighted by molar-refractivity contribution is 8.00. The molecule has 0 fully saturated rings. The van der Waals surface area contributed by atoms with Crippen molar-refractivity contribution in [3.8, 4) is 5.75 Å². The van der Waals surface area contributed by atoms with Crippen LogP contribution in [0.15, 0.2) is 82.7 Å². The molecule has 8 heteroatoms. The Bertz CT molecular complexity index is 1390. The molecule has 6 nitrogen and oxygen atoms in total. The van der Waals surface area contributed by atoms with E-state index in [2.05, 4.69) is 5.32 Å². The van der Waals surface area contributed by atoms with Crippen LogP contribution in [0.1, 0.15) is 31.0 Å². The number of aromatic nitrogens is 2. The topological polar surface area (TPSA) is 73.2 Å². The molecule has 1 heterocycles. The number of para-hydroxylation sites is 1. The van der Waals surface area contributed by atoms with E-state index in [1.54, 1.807) is 42.9 Å². The summed E-state index contributed by atoms with van der Waals surface area (Å²) in [5.41, 5.74) is 2.13. The summed E-state index contributed by atoms with van der Waals surface area (Å²) < 4.78 is 20.1. The van der Waals surface area contributed by atoms with Crippen LogP contribution in [0.25, 0.3) is 10.9 Å². The normalized spacial score (nSPS) is 12.8. The molecule has 0 saturated heterocycles. The maximum atomic E-state index is 13.4. The minimum absolute atomic E-state index is 0.166. The molecule has 3 aromatic carbocycles. The molecule has 1 amide bonds. The third-order valence-electron chi connectivity index (χ3n) is 5.71. The fourth-order valence-electron chi connectivity index (χ4n) is 3.67. The predicted molar refractivity (Wildman–Crippen MR) is 136 cm³/mol. The van der Waals surface area contributed by atoms with Crippen molar-refractivity contribution in [1.29, 1.82) is 0 Å². The molecular formula is C27H26FN3O3S. The summed E-state index contributed by atoms with van der Waals surface area (Å²) in [5.74, 6) is 0.200. The lowest BCUT2D eigenvalue weighted by atomic mass is 10.1. The quantitative estimate of drug-likeness (QED) is 0.279. The molecule has 0 aliphatic carbocycles. The monoisotopic (exact) mass is 491 g/mol. The summed E-state index contributed by atoms with van der Waals surface area (Å²) in [6.07, 6.45) is 0. The second kappa shape index (κ2) is 10.7. The van der Waals surface area contributed by atoms with E-state index >= 15 is 0 Å². The molecule has 180 valence electrons. The van der Waals surface area contributed by atoms with Gasteiger partial charge in [-0.15, -0.1) is 0 Å². The molecule has 2 atom stereocenters. The number of rotatable bonds is 8. The van der Waals surface area contributed by atoms with Gasteiger partial charge in [0.25, 0.3) is 5.56 Å². The third-order valence-corrected chi connectivity index (χ3v) is 6.80. The van der Waals surface area contributed by atoms with Crippen molar-refractivity contribution >= 4 is 28.6 Å². The molecule has 0 aliphatic heterocycles. The van der Waals surface area contributed by atoms with Crippen LogP contribution in [0, 0.1) is 5.82 Å². The number of fused-ring (bicyclic) bond motifs is 1. The minimum atomic E-state index is -0.520. The van der Waals surface area contributed by atoms with Gasteiger partial charge in [0, 0.05) is 0 Å².